The monoisotopic (exact) mass is 473 g/mol. The van der Waals surface area contributed by atoms with E-state index >= 15 is 0 Å². The van der Waals surface area contributed by atoms with Gasteiger partial charge in [-0.1, -0.05) is 38.5 Å². The van der Waals surface area contributed by atoms with Gasteiger partial charge in [0.05, 0.1) is 24.9 Å². The van der Waals surface area contributed by atoms with Gasteiger partial charge in [-0.05, 0) is 92.6 Å². The fraction of sp³-hybridized carbons (Fsp3) is 0.815. The van der Waals surface area contributed by atoms with E-state index in [1.54, 1.807) is 16.5 Å². The molecule has 0 radical (unpaired) electrons. The maximum Gasteiger partial charge on any atom is 0.0839 e. The SMILES string of the molecule is CC.C[C@]12CCC(=N)C=C1CCC1C2CC[C@@]2(C)C1CC[C@@H]2O.NCCc1cn(CCO)nn1. The van der Waals surface area contributed by atoms with Crippen LogP contribution in [0.4, 0.5) is 0 Å². The number of aromatic nitrogens is 3. The van der Waals surface area contributed by atoms with E-state index in [0.29, 0.717) is 18.5 Å². The van der Waals surface area contributed by atoms with Crippen LogP contribution in [0.5, 0.6) is 0 Å². The molecule has 192 valence electrons. The Bertz CT molecular complexity index is 831. The zero-order chi connectivity index (χ0) is 24.9. The van der Waals surface area contributed by atoms with Gasteiger partial charge in [-0.15, -0.1) is 5.10 Å². The highest BCUT2D eigenvalue weighted by molar-refractivity contribution is 5.94. The molecule has 1 aromatic heterocycles. The van der Waals surface area contributed by atoms with Gasteiger partial charge in [0.2, 0.25) is 0 Å². The van der Waals surface area contributed by atoms with Gasteiger partial charge in [0.15, 0.2) is 0 Å². The van der Waals surface area contributed by atoms with E-state index in [4.69, 9.17) is 16.2 Å². The van der Waals surface area contributed by atoms with Crippen molar-refractivity contribution in [1.82, 2.24) is 15.0 Å². The fourth-order valence-corrected chi connectivity index (χ4v) is 7.37. The van der Waals surface area contributed by atoms with E-state index in [0.717, 1.165) is 48.4 Å². The number of fused-ring (bicyclic) bond motifs is 5. The summed E-state index contributed by atoms with van der Waals surface area (Å²) in [7, 11) is 0. The Morgan fingerprint density at radius 1 is 1.12 bits per heavy atom. The van der Waals surface area contributed by atoms with Crippen molar-refractivity contribution in [2.75, 3.05) is 13.2 Å². The van der Waals surface area contributed by atoms with Crippen LogP contribution in [0.15, 0.2) is 17.8 Å². The van der Waals surface area contributed by atoms with Crippen LogP contribution in [0.3, 0.4) is 0 Å². The molecule has 0 saturated heterocycles. The molecule has 0 amide bonds. The topological polar surface area (TPSA) is 121 Å². The summed E-state index contributed by atoms with van der Waals surface area (Å²) in [6.07, 6.45) is 14.1. The number of aliphatic hydroxyl groups excluding tert-OH is 2. The van der Waals surface area contributed by atoms with Crippen LogP contribution in [0.25, 0.3) is 0 Å². The van der Waals surface area contributed by atoms with Crippen LogP contribution in [0.1, 0.15) is 84.8 Å². The Labute approximate surface area is 205 Å². The molecule has 3 saturated carbocycles. The molecule has 0 bridgehead atoms. The number of nitrogens with two attached hydrogens (primary N) is 1. The quantitative estimate of drug-likeness (QED) is 0.524. The van der Waals surface area contributed by atoms with Crippen molar-refractivity contribution in [3.63, 3.8) is 0 Å². The van der Waals surface area contributed by atoms with Gasteiger partial charge >= 0.3 is 0 Å². The summed E-state index contributed by atoms with van der Waals surface area (Å²) in [6.45, 7) is 10.0. The summed E-state index contributed by atoms with van der Waals surface area (Å²) in [4.78, 5) is 0. The molecule has 34 heavy (non-hydrogen) atoms. The Morgan fingerprint density at radius 2 is 1.88 bits per heavy atom. The van der Waals surface area contributed by atoms with Crippen LogP contribution in [-0.4, -0.2) is 50.2 Å². The number of rotatable bonds is 4. The first-order chi connectivity index (χ1) is 16.3. The molecule has 5 rings (SSSR count). The Kier molecular flexibility index (Phi) is 9.10. The third-order valence-corrected chi connectivity index (χ3v) is 9.26. The van der Waals surface area contributed by atoms with E-state index < -0.39 is 0 Å². The van der Waals surface area contributed by atoms with Crippen LogP contribution in [-0.2, 0) is 13.0 Å². The number of aliphatic hydroxyl groups is 2. The minimum atomic E-state index is -0.0623. The summed E-state index contributed by atoms with van der Waals surface area (Å²) in [5.41, 5.74) is 9.15. The van der Waals surface area contributed by atoms with Crippen LogP contribution >= 0.6 is 0 Å². The summed E-state index contributed by atoms with van der Waals surface area (Å²) in [5.74, 6) is 2.36. The molecule has 0 spiro atoms. The molecule has 4 aliphatic rings. The van der Waals surface area contributed by atoms with Gasteiger partial charge in [-0.2, -0.15) is 0 Å². The maximum absolute atomic E-state index is 10.5. The van der Waals surface area contributed by atoms with Crippen LogP contribution in [0.2, 0.25) is 0 Å². The maximum atomic E-state index is 10.5. The van der Waals surface area contributed by atoms with Crippen molar-refractivity contribution >= 4 is 5.71 Å². The first kappa shape index (κ1) is 27.0. The third-order valence-electron chi connectivity index (χ3n) is 9.26. The highest BCUT2D eigenvalue weighted by Crippen LogP contribution is 2.65. The van der Waals surface area contributed by atoms with Crippen molar-refractivity contribution < 1.29 is 10.2 Å². The lowest BCUT2D eigenvalue weighted by molar-refractivity contribution is -0.0721. The zero-order valence-electron chi connectivity index (χ0n) is 21.8. The molecule has 7 nitrogen and oxygen atoms in total. The second kappa shape index (κ2) is 11.4. The molecule has 4 aliphatic carbocycles. The van der Waals surface area contributed by atoms with Crippen molar-refractivity contribution in [1.29, 1.82) is 5.41 Å². The van der Waals surface area contributed by atoms with E-state index in [1.807, 2.05) is 13.8 Å². The summed E-state index contributed by atoms with van der Waals surface area (Å²) in [5, 5.41) is 34.6. The lowest BCUT2D eigenvalue weighted by Crippen LogP contribution is -2.51. The Hall–Kier alpha value is -1.57. The highest BCUT2D eigenvalue weighted by Gasteiger charge is 2.58. The summed E-state index contributed by atoms with van der Waals surface area (Å²) < 4.78 is 1.60. The largest absolute Gasteiger partial charge is 0.394 e. The van der Waals surface area contributed by atoms with Gasteiger partial charge in [-0.3, -0.25) is 0 Å². The van der Waals surface area contributed by atoms with Crippen molar-refractivity contribution in [3.05, 3.63) is 23.5 Å². The predicted molar refractivity (Wildman–Crippen MR) is 137 cm³/mol. The molecule has 3 unspecified atom stereocenters. The highest BCUT2D eigenvalue weighted by atomic mass is 16.3. The van der Waals surface area contributed by atoms with E-state index in [2.05, 4.69) is 30.2 Å². The number of hydrogen-bond donors (Lipinski definition) is 4. The van der Waals surface area contributed by atoms with Gasteiger partial charge in [0.25, 0.3) is 0 Å². The number of allylic oxidation sites excluding steroid dienone is 2. The molecule has 6 atom stereocenters. The normalized spacial score (nSPS) is 36.1. The zero-order valence-corrected chi connectivity index (χ0v) is 21.8. The molecule has 0 aromatic carbocycles. The first-order valence-corrected chi connectivity index (χ1v) is 13.5. The Balaban J connectivity index is 0.000000212. The second-order valence-corrected chi connectivity index (χ2v) is 10.9. The molecular formula is C27H47N5O2. The molecular weight excluding hydrogens is 426 g/mol. The summed E-state index contributed by atoms with van der Waals surface area (Å²) in [6, 6.07) is 0. The fourth-order valence-electron chi connectivity index (χ4n) is 7.37. The lowest BCUT2D eigenvalue weighted by Gasteiger charge is -2.57. The number of hydrogen-bond acceptors (Lipinski definition) is 6. The van der Waals surface area contributed by atoms with Gasteiger partial charge in [0.1, 0.15) is 0 Å². The van der Waals surface area contributed by atoms with Crippen molar-refractivity contribution in [3.8, 4) is 0 Å². The first-order valence-electron chi connectivity index (χ1n) is 13.5. The standard InChI is InChI=1S/C19H29NO.C6H12N4O.C2H6/c1-18-9-7-13(20)11-12(18)3-4-14-15-5-6-17(21)19(15,2)10-8-16(14)18;7-2-1-6-5-10(3-4-11)9-8-6;1-2/h11,14-17,20-21H,3-10H2,1-2H3;5,11H,1-4,7H2;1-2H3/t14?,15?,16?,17-,18-,19-;;/m0../s1. The smallest absolute Gasteiger partial charge is 0.0839 e. The average Bonchev–Trinajstić information content (AvgIpc) is 3.40. The predicted octanol–water partition coefficient (Wildman–Crippen LogP) is 4.13. The van der Waals surface area contributed by atoms with Crippen LogP contribution in [0, 0.1) is 34.0 Å². The van der Waals surface area contributed by atoms with Crippen molar-refractivity contribution in [2.24, 2.45) is 34.3 Å². The molecule has 1 heterocycles. The summed E-state index contributed by atoms with van der Waals surface area (Å²) >= 11 is 0. The molecule has 7 heteroatoms. The lowest BCUT2D eigenvalue weighted by atomic mass is 9.47. The van der Waals surface area contributed by atoms with E-state index in [9.17, 15) is 5.11 Å². The Morgan fingerprint density at radius 3 is 2.59 bits per heavy atom. The molecule has 5 N–H and O–H groups in total. The molecule has 3 fully saturated rings. The second-order valence-electron chi connectivity index (χ2n) is 10.9. The van der Waals surface area contributed by atoms with Crippen molar-refractivity contribution in [2.45, 2.75) is 98.1 Å². The average molecular weight is 474 g/mol. The van der Waals surface area contributed by atoms with Gasteiger partial charge in [-0.25, -0.2) is 4.68 Å². The van der Waals surface area contributed by atoms with Crippen LogP contribution < -0.4 is 5.73 Å². The number of nitrogens with one attached hydrogen (secondary N) is 1. The third kappa shape index (κ3) is 5.17. The van der Waals surface area contributed by atoms with E-state index in [-0.39, 0.29) is 18.1 Å². The van der Waals surface area contributed by atoms with Gasteiger partial charge in [0, 0.05) is 18.3 Å². The molecule has 1 aromatic rings. The minimum Gasteiger partial charge on any atom is -0.394 e. The van der Waals surface area contributed by atoms with E-state index in [1.165, 1.54) is 38.5 Å². The molecule has 0 aliphatic heterocycles. The number of nitrogens with zero attached hydrogens (tertiary/aromatic N) is 3. The van der Waals surface area contributed by atoms with Gasteiger partial charge < -0.3 is 21.4 Å². The minimum absolute atomic E-state index is 0.0623.